The number of hydrogen-bond donors (Lipinski definition) is 2. The molecule has 2 aromatic rings. The number of carbonyl (C=O) groups excluding carboxylic acids is 1. The van der Waals surface area contributed by atoms with Crippen LogP contribution in [0.25, 0.3) is 10.9 Å². The molecular weight excluding hydrogens is 256 g/mol. The summed E-state index contributed by atoms with van der Waals surface area (Å²) in [7, 11) is 0. The van der Waals surface area contributed by atoms with Gasteiger partial charge >= 0.3 is 6.09 Å². The molecule has 3 N–H and O–H groups in total. The second-order valence-electron chi connectivity index (χ2n) is 5.56. The number of nitrogens with zero attached hydrogens (tertiary/aromatic N) is 2. The van der Waals surface area contributed by atoms with Gasteiger partial charge in [0.1, 0.15) is 5.60 Å². The maximum Gasteiger partial charge on any atom is 0.412 e. The predicted molar refractivity (Wildman–Crippen MR) is 78.6 cm³/mol. The minimum atomic E-state index is -0.514. The molecule has 0 saturated carbocycles. The fraction of sp³-hybridized carbons (Fsp3) is 0.429. The summed E-state index contributed by atoms with van der Waals surface area (Å²) in [6, 6.07) is 5.59. The van der Waals surface area contributed by atoms with Crippen LogP contribution >= 0.6 is 0 Å². The van der Waals surface area contributed by atoms with Crippen LogP contribution in [-0.2, 0) is 11.3 Å². The van der Waals surface area contributed by atoms with Gasteiger partial charge in [0.05, 0.1) is 18.3 Å². The molecule has 0 aliphatic carbocycles. The van der Waals surface area contributed by atoms with E-state index in [2.05, 4.69) is 10.4 Å². The summed E-state index contributed by atoms with van der Waals surface area (Å²) in [5, 5.41) is 7.92. The summed E-state index contributed by atoms with van der Waals surface area (Å²) in [5.41, 5.74) is 6.69. The molecule has 0 radical (unpaired) electrons. The van der Waals surface area contributed by atoms with Gasteiger partial charge in [-0.2, -0.15) is 5.10 Å². The van der Waals surface area contributed by atoms with Crippen molar-refractivity contribution in [3.8, 4) is 0 Å². The maximum atomic E-state index is 11.7. The van der Waals surface area contributed by atoms with Crippen LogP contribution < -0.4 is 11.1 Å². The Labute approximate surface area is 117 Å². The van der Waals surface area contributed by atoms with Crippen molar-refractivity contribution in [1.29, 1.82) is 0 Å². The average molecular weight is 276 g/mol. The van der Waals surface area contributed by atoms with Gasteiger partial charge in [0.15, 0.2) is 0 Å². The zero-order chi connectivity index (χ0) is 14.8. The van der Waals surface area contributed by atoms with Gasteiger partial charge < -0.3 is 10.5 Å². The second kappa shape index (κ2) is 5.50. The first-order chi connectivity index (χ1) is 9.39. The number of ether oxygens (including phenoxy) is 1. The van der Waals surface area contributed by atoms with E-state index in [-0.39, 0.29) is 0 Å². The van der Waals surface area contributed by atoms with Crippen molar-refractivity contribution in [1.82, 2.24) is 9.78 Å². The maximum absolute atomic E-state index is 11.7. The number of nitrogens with one attached hydrogen (secondary N) is 1. The van der Waals surface area contributed by atoms with Gasteiger partial charge in [-0.15, -0.1) is 0 Å². The van der Waals surface area contributed by atoms with Crippen LogP contribution in [0.2, 0.25) is 0 Å². The Balaban J connectivity index is 2.14. The highest BCUT2D eigenvalue weighted by molar-refractivity contribution is 5.89. The molecule has 20 heavy (non-hydrogen) atoms. The van der Waals surface area contributed by atoms with E-state index in [9.17, 15) is 4.79 Å². The Kier molecular flexibility index (Phi) is 3.94. The van der Waals surface area contributed by atoms with Gasteiger partial charge in [-0.3, -0.25) is 10.00 Å². The molecule has 0 aliphatic heterocycles. The molecule has 6 nitrogen and oxygen atoms in total. The van der Waals surface area contributed by atoms with E-state index in [1.807, 2.05) is 43.7 Å². The fourth-order valence-corrected chi connectivity index (χ4v) is 1.89. The largest absolute Gasteiger partial charge is 0.444 e. The number of hydrogen-bond acceptors (Lipinski definition) is 4. The first-order valence-electron chi connectivity index (χ1n) is 6.55. The zero-order valence-electron chi connectivity index (χ0n) is 12.0. The minimum Gasteiger partial charge on any atom is -0.444 e. The van der Waals surface area contributed by atoms with Crippen molar-refractivity contribution < 1.29 is 9.53 Å². The standard InChI is InChI=1S/C14H20N4O2/c1-14(2,3)20-13(19)17-11-4-5-12-10(8-11)9-16-18(12)7-6-15/h4-5,8-9H,6-7,15H2,1-3H3,(H,17,19). The van der Waals surface area contributed by atoms with Crippen LogP contribution in [0.3, 0.4) is 0 Å². The van der Waals surface area contributed by atoms with Gasteiger partial charge in [-0.1, -0.05) is 0 Å². The Morgan fingerprint density at radius 1 is 1.45 bits per heavy atom. The van der Waals surface area contributed by atoms with Crippen LogP contribution in [0, 0.1) is 0 Å². The monoisotopic (exact) mass is 276 g/mol. The van der Waals surface area contributed by atoms with Crippen LogP contribution in [-0.4, -0.2) is 28.0 Å². The first kappa shape index (κ1) is 14.3. The summed E-state index contributed by atoms with van der Waals surface area (Å²) in [5.74, 6) is 0. The molecule has 1 heterocycles. The van der Waals surface area contributed by atoms with Crippen LogP contribution in [0.4, 0.5) is 10.5 Å². The number of rotatable bonds is 3. The SMILES string of the molecule is CC(C)(C)OC(=O)Nc1ccc2c(cnn2CCN)c1. The van der Waals surface area contributed by atoms with E-state index >= 15 is 0 Å². The van der Waals surface area contributed by atoms with Crippen LogP contribution in [0.15, 0.2) is 24.4 Å². The molecular formula is C14H20N4O2. The summed E-state index contributed by atoms with van der Waals surface area (Å²) in [4.78, 5) is 11.7. The van der Waals surface area contributed by atoms with Gasteiger partial charge in [0.2, 0.25) is 0 Å². The molecule has 1 amide bonds. The number of nitrogens with two attached hydrogens (primary N) is 1. The van der Waals surface area contributed by atoms with Crippen molar-refractivity contribution >= 4 is 22.7 Å². The molecule has 0 bridgehead atoms. The van der Waals surface area contributed by atoms with E-state index in [1.54, 1.807) is 6.20 Å². The summed E-state index contributed by atoms with van der Waals surface area (Å²) < 4.78 is 7.05. The Hall–Kier alpha value is -2.08. The highest BCUT2D eigenvalue weighted by Gasteiger charge is 2.16. The van der Waals surface area contributed by atoms with Gasteiger partial charge in [-0.25, -0.2) is 4.79 Å². The van der Waals surface area contributed by atoms with E-state index in [4.69, 9.17) is 10.5 Å². The molecule has 2 rings (SSSR count). The number of benzene rings is 1. The van der Waals surface area contributed by atoms with E-state index < -0.39 is 11.7 Å². The van der Waals surface area contributed by atoms with Gasteiger partial charge in [0, 0.05) is 17.6 Å². The number of aromatic nitrogens is 2. The molecule has 0 spiro atoms. The summed E-state index contributed by atoms with van der Waals surface area (Å²) in [6.07, 6.45) is 1.29. The highest BCUT2D eigenvalue weighted by atomic mass is 16.6. The lowest BCUT2D eigenvalue weighted by Gasteiger charge is -2.19. The van der Waals surface area contributed by atoms with E-state index in [1.165, 1.54) is 0 Å². The molecule has 1 aromatic carbocycles. The number of amides is 1. The molecule has 0 saturated heterocycles. The number of fused-ring (bicyclic) bond motifs is 1. The molecule has 6 heteroatoms. The molecule has 0 unspecified atom stereocenters. The highest BCUT2D eigenvalue weighted by Crippen LogP contribution is 2.19. The van der Waals surface area contributed by atoms with Crippen molar-refractivity contribution in [2.24, 2.45) is 5.73 Å². The molecule has 1 aromatic heterocycles. The van der Waals surface area contributed by atoms with Crippen molar-refractivity contribution in [2.45, 2.75) is 32.9 Å². The lowest BCUT2D eigenvalue weighted by Crippen LogP contribution is -2.27. The van der Waals surface area contributed by atoms with Crippen LogP contribution in [0.5, 0.6) is 0 Å². The van der Waals surface area contributed by atoms with E-state index in [0.29, 0.717) is 18.8 Å². The van der Waals surface area contributed by atoms with Gasteiger partial charge in [0.25, 0.3) is 0 Å². The van der Waals surface area contributed by atoms with Gasteiger partial charge in [-0.05, 0) is 39.0 Å². The molecule has 0 fully saturated rings. The number of carbonyl (C=O) groups is 1. The molecule has 0 atom stereocenters. The Morgan fingerprint density at radius 2 is 2.20 bits per heavy atom. The summed E-state index contributed by atoms with van der Waals surface area (Å²) in [6.45, 7) is 6.68. The molecule has 108 valence electrons. The second-order valence-corrected chi connectivity index (χ2v) is 5.56. The van der Waals surface area contributed by atoms with Crippen molar-refractivity contribution in [2.75, 3.05) is 11.9 Å². The smallest absolute Gasteiger partial charge is 0.412 e. The average Bonchev–Trinajstić information content (AvgIpc) is 2.70. The third-order valence-corrected chi connectivity index (χ3v) is 2.63. The zero-order valence-corrected chi connectivity index (χ0v) is 12.0. The first-order valence-corrected chi connectivity index (χ1v) is 6.55. The topological polar surface area (TPSA) is 82.2 Å². The Morgan fingerprint density at radius 3 is 2.85 bits per heavy atom. The summed E-state index contributed by atoms with van der Waals surface area (Å²) >= 11 is 0. The van der Waals surface area contributed by atoms with Crippen molar-refractivity contribution in [3.63, 3.8) is 0 Å². The quantitative estimate of drug-likeness (QED) is 0.901. The fourth-order valence-electron chi connectivity index (χ4n) is 1.89. The Bertz CT molecular complexity index is 613. The third kappa shape index (κ3) is 3.48. The van der Waals surface area contributed by atoms with Crippen molar-refractivity contribution in [3.05, 3.63) is 24.4 Å². The van der Waals surface area contributed by atoms with Crippen LogP contribution in [0.1, 0.15) is 20.8 Å². The number of anilines is 1. The normalized spacial score (nSPS) is 11.6. The van der Waals surface area contributed by atoms with E-state index in [0.717, 1.165) is 10.9 Å². The predicted octanol–water partition coefficient (Wildman–Crippen LogP) is 2.34. The third-order valence-electron chi connectivity index (χ3n) is 2.63. The lowest BCUT2D eigenvalue weighted by molar-refractivity contribution is 0.0636. The molecule has 0 aliphatic rings. The minimum absolute atomic E-state index is 0.466. The lowest BCUT2D eigenvalue weighted by atomic mass is 10.2.